The smallest absolute Gasteiger partial charge is 0.277 e. The molecule has 1 amide bonds. The largest absolute Gasteiger partial charge is 0.304 e. The number of benzene rings is 3. The molecule has 3 aromatic carbocycles. The Hall–Kier alpha value is -3.05. The molecule has 3 aromatic rings. The Morgan fingerprint density at radius 3 is 2.30 bits per heavy atom. The van der Waals surface area contributed by atoms with Crippen LogP contribution in [0.5, 0.6) is 0 Å². The molecule has 0 fully saturated rings. The van der Waals surface area contributed by atoms with Crippen molar-refractivity contribution < 1.29 is 9.18 Å². The molecule has 1 aliphatic rings. The summed E-state index contributed by atoms with van der Waals surface area (Å²) in [7, 11) is 0. The highest BCUT2D eigenvalue weighted by Gasteiger charge is 2.30. The molecule has 0 N–H and O–H groups in total. The number of benzodiazepines with no additional fused rings is 1. The lowest BCUT2D eigenvalue weighted by Crippen LogP contribution is -2.37. The van der Waals surface area contributed by atoms with Crippen molar-refractivity contribution in [2.45, 2.75) is 19.9 Å². The molecule has 0 unspecified atom stereocenters. The van der Waals surface area contributed by atoms with E-state index in [1.165, 1.54) is 12.1 Å². The highest BCUT2D eigenvalue weighted by molar-refractivity contribution is 9.10. The van der Waals surface area contributed by atoms with E-state index in [9.17, 15) is 9.18 Å². The standard InChI is InChI=1S/C25H20BrFN2O/c1-16(2)29-23-6-4-3-5-21(23)24(18-9-13-20(27)14-10-18)28-22(25(29)30)15-17-7-11-19(26)12-8-17/h3-16H,1-2H3/b22-15-. The first-order chi connectivity index (χ1) is 14.4. The SMILES string of the molecule is CC(C)N1C(=O)/C(=C/c2ccc(Br)cc2)N=C(c2ccc(F)cc2)c2ccccc21. The van der Waals surface area contributed by atoms with Crippen molar-refractivity contribution in [3.05, 3.63) is 105 Å². The second-order valence-electron chi connectivity index (χ2n) is 7.33. The summed E-state index contributed by atoms with van der Waals surface area (Å²) in [4.78, 5) is 20.1. The van der Waals surface area contributed by atoms with Gasteiger partial charge in [0.05, 0.1) is 11.4 Å². The van der Waals surface area contributed by atoms with Crippen LogP contribution in [0.15, 0.2) is 88.0 Å². The summed E-state index contributed by atoms with van der Waals surface area (Å²) in [5.41, 5.74) is 4.24. The number of rotatable bonds is 3. The molecule has 0 radical (unpaired) electrons. The van der Waals surface area contributed by atoms with Gasteiger partial charge in [0.1, 0.15) is 11.5 Å². The van der Waals surface area contributed by atoms with E-state index in [-0.39, 0.29) is 17.8 Å². The molecule has 1 aliphatic heterocycles. The molecule has 0 aromatic heterocycles. The Bertz CT molecular complexity index is 1150. The zero-order valence-electron chi connectivity index (χ0n) is 16.6. The molecule has 0 atom stereocenters. The van der Waals surface area contributed by atoms with Gasteiger partial charge in [0.25, 0.3) is 5.91 Å². The number of hydrogen-bond acceptors (Lipinski definition) is 2. The predicted octanol–water partition coefficient (Wildman–Crippen LogP) is 6.22. The summed E-state index contributed by atoms with van der Waals surface area (Å²) < 4.78 is 14.5. The summed E-state index contributed by atoms with van der Waals surface area (Å²) in [6.07, 6.45) is 1.79. The fourth-order valence-electron chi connectivity index (χ4n) is 3.50. The molecule has 0 spiro atoms. The predicted molar refractivity (Wildman–Crippen MR) is 123 cm³/mol. The maximum Gasteiger partial charge on any atom is 0.277 e. The topological polar surface area (TPSA) is 32.7 Å². The summed E-state index contributed by atoms with van der Waals surface area (Å²) in [6.45, 7) is 3.96. The van der Waals surface area contributed by atoms with Crippen LogP contribution in [-0.2, 0) is 4.79 Å². The van der Waals surface area contributed by atoms with E-state index < -0.39 is 0 Å². The lowest BCUT2D eigenvalue weighted by molar-refractivity contribution is -0.115. The zero-order chi connectivity index (χ0) is 21.3. The second-order valence-corrected chi connectivity index (χ2v) is 8.25. The van der Waals surface area contributed by atoms with Gasteiger partial charge in [-0.2, -0.15) is 0 Å². The van der Waals surface area contributed by atoms with Crippen LogP contribution in [0.1, 0.15) is 30.5 Å². The lowest BCUT2D eigenvalue weighted by Gasteiger charge is -2.27. The Kier molecular flexibility index (Phi) is 5.64. The first-order valence-corrected chi connectivity index (χ1v) is 10.5. The van der Waals surface area contributed by atoms with Crippen molar-refractivity contribution in [1.29, 1.82) is 0 Å². The number of fused-ring (bicyclic) bond motifs is 1. The Labute approximate surface area is 183 Å². The van der Waals surface area contributed by atoms with Gasteiger partial charge in [0.15, 0.2) is 0 Å². The van der Waals surface area contributed by atoms with Crippen molar-refractivity contribution in [2.24, 2.45) is 4.99 Å². The second kappa shape index (κ2) is 8.36. The molecular formula is C25H20BrFN2O. The zero-order valence-corrected chi connectivity index (χ0v) is 18.2. The van der Waals surface area contributed by atoms with E-state index in [2.05, 4.69) is 15.9 Å². The van der Waals surface area contributed by atoms with Gasteiger partial charge in [0.2, 0.25) is 0 Å². The van der Waals surface area contributed by atoms with Crippen LogP contribution < -0.4 is 4.90 Å². The van der Waals surface area contributed by atoms with E-state index in [0.29, 0.717) is 11.4 Å². The van der Waals surface area contributed by atoms with Crippen LogP contribution in [0, 0.1) is 5.82 Å². The highest BCUT2D eigenvalue weighted by Crippen LogP contribution is 2.32. The Morgan fingerprint density at radius 1 is 0.967 bits per heavy atom. The number of halogens is 2. The Balaban J connectivity index is 1.96. The number of aliphatic imine (C=N–C) groups is 1. The first-order valence-electron chi connectivity index (χ1n) is 9.69. The minimum absolute atomic E-state index is 0.0604. The lowest BCUT2D eigenvalue weighted by atomic mass is 10.00. The van der Waals surface area contributed by atoms with Crippen molar-refractivity contribution in [3.63, 3.8) is 0 Å². The average Bonchev–Trinajstić information content (AvgIpc) is 2.85. The maximum absolute atomic E-state index is 13.5. The summed E-state index contributed by atoms with van der Waals surface area (Å²) in [5.74, 6) is -0.482. The number of para-hydroxylation sites is 1. The molecule has 150 valence electrons. The van der Waals surface area contributed by atoms with Gasteiger partial charge in [-0.05, 0) is 68.0 Å². The fourth-order valence-corrected chi connectivity index (χ4v) is 3.76. The van der Waals surface area contributed by atoms with Crippen LogP contribution in [0.4, 0.5) is 10.1 Å². The van der Waals surface area contributed by atoms with E-state index in [4.69, 9.17) is 4.99 Å². The molecular weight excluding hydrogens is 443 g/mol. The molecule has 30 heavy (non-hydrogen) atoms. The number of hydrogen-bond donors (Lipinski definition) is 0. The molecule has 0 bridgehead atoms. The molecule has 5 heteroatoms. The summed E-state index contributed by atoms with van der Waals surface area (Å²) in [6, 6.07) is 21.5. The minimum Gasteiger partial charge on any atom is -0.304 e. The number of amides is 1. The van der Waals surface area contributed by atoms with Gasteiger partial charge < -0.3 is 4.90 Å². The van der Waals surface area contributed by atoms with Crippen LogP contribution in [0.2, 0.25) is 0 Å². The average molecular weight is 463 g/mol. The molecule has 3 nitrogen and oxygen atoms in total. The van der Waals surface area contributed by atoms with Crippen LogP contribution in [0.25, 0.3) is 6.08 Å². The third-order valence-corrected chi connectivity index (χ3v) is 5.42. The van der Waals surface area contributed by atoms with Crippen molar-refractivity contribution in [2.75, 3.05) is 4.90 Å². The summed E-state index contributed by atoms with van der Waals surface area (Å²) >= 11 is 3.44. The van der Waals surface area contributed by atoms with Crippen molar-refractivity contribution in [1.82, 2.24) is 0 Å². The van der Waals surface area contributed by atoms with Crippen LogP contribution in [0.3, 0.4) is 0 Å². The maximum atomic E-state index is 13.5. The van der Waals surface area contributed by atoms with E-state index in [1.807, 2.05) is 62.4 Å². The van der Waals surface area contributed by atoms with E-state index in [1.54, 1.807) is 23.1 Å². The van der Waals surface area contributed by atoms with Crippen LogP contribution in [-0.4, -0.2) is 17.7 Å². The van der Waals surface area contributed by atoms with Gasteiger partial charge in [0, 0.05) is 21.6 Å². The number of carbonyl (C=O) groups is 1. The van der Waals surface area contributed by atoms with Gasteiger partial charge in [-0.1, -0.05) is 46.3 Å². The van der Waals surface area contributed by atoms with Gasteiger partial charge in [-0.15, -0.1) is 0 Å². The van der Waals surface area contributed by atoms with Crippen molar-refractivity contribution in [3.8, 4) is 0 Å². The summed E-state index contributed by atoms with van der Waals surface area (Å²) in [5, 5.41) is 0. The van der Waals surface area contributed by atoms with Crippen LogP contribution >= 0.6 is 15.9 Å². The molecule has 1 heterocycles. The van der Waals surface area contributed by atoms with E-state index in [0.717, 1.165) is 26.9 Å². The number of carbonyl (C=O) groups excluding carboxylic acids is 1. The number of nitrogens with zero attached hydrogens (tertiary/aromatic N) is 2. The third kappa shape index (κ3) is 3.98. The highest BCUT2D eigenvalue weighted by atomic mass is 79.9. The third-order valence-electron chi connectivity index (χ3n) is 4.90. The number of anilines is 1. The van der Waals surface area contributed by atoms with E-state index >= 15 is 0 Å². The van der Waals surface area contributed by atoms with Crippen molar-refractivity contribution >= 4 is 39.3 Å². The molecule has 0 saturated carbocycles. The quantitative estimate of drug-likeness (QED) is 0.425. The Morgan fingerprint density at radius 2 is 1.63 bits per heavy atom. The fraction of sp³-hybridized carbons (Fsp3) is 0.120. The first kappa shape index (κ1) is 20.2. The van der Waals surface area contributed by atoms with Gasteiger partial charge >= 0.3 is 0 Å². The van der Waals surface area contributed by atoms with Gasteiger partial charge in [-0.25, -0.2) is 9.38 Å². The normalized spacial score (nSPS) is 15.2. The minimum atomic E-state index is -0.313. The molecule has 4 rings (SSSR count). The molecule has 0 saturated heterocycles. The molecule has 0 aliphatic carbocycles. The monoisotopic (exact) mass is 462 g/mol. The van der Waals surface area contributed by atoms with Gasteiger partial charge in [-0.3, -0.25) is 4.79 Å².